The molecule has 6 nitrogen and oxygen atoms in total. The molecule has 2 aromatic rings. The number of rotatable bonds is 3. The van der Waals surface area contributed by atoms with Gasteiger partial charge in [-0.15, -0.1) is 10.2 Å². The number of amides is 1. The molecule has 0 saturated heterocycles. The van der Waals surface area contributed by atoms with Crippen LogP contribution in [0.4, 0.5) is 5.69 Å². The summed E-state index contributed by atoms with van der Waals surface area (Å²) in [5.41, 5.74) is 1.84. The van der Waals surface area contributed by atoms with Crippen molar-refractivity contribution in [3.8, 4) is 6.07 Å². The predicted octanol–water partition coefficient (Wildman–Crippen LogP) is 1.10. The monoisotopic (exact) mass is 241 g/mol. The van der Waals surface area contributed by atoms with E-state index in [0.29, 0.717) is 0 Å². The summed E-state index contributed by atoms with van der Waals surface area (Å²) >= 11 is 0. The number of aryl methyl sites for hydroxylation is 1. The predicted molar refractivity (Wildman–Crippen MR) is 64.5 cm³/mol. The normalized spacial score (nSPS) is 9.78. The Kier molecular flexibility index (Phi) is 3.34. The lowest BCUT2D eigenvalue weighted by Crippen LogP contribution is -2.19. The topological polar surface area (TPSA) is 83.6 Å². The fourth-order valence-corrected chi connectivity index (χ4v) is 1.45. The van der Waals surface area contributed by atoms with Gasteiger partial charge < -0.3 is 5.32 Å². The Balaban J connectivity index is 2.01. The second-order valence-electron chi connectivity index (χ2n) is 3.81. The summed E-state index contributed by atoms with van der Waals surface area (Å²) in [6, 6.07) is 9.33. The third-order valence-corrected chi connectivity index (χ3v) is 2.36. The Bertz CT molecular complexity index is 594. The Morgan fingerprint density at radius 3 is 2.83 bits per heavy atom. The minimum Gasteiger partial charge on any atom is -0.325 e. The average Bonchev–Trinajstić information content (AvgIpc) is 2.79. The van der Waals surface area contributed by atoms with Gasteiger partial charge in [0.15, 0.2) is 0 Å². The van der Waals surface area contributed by atoms with Gasteiger partial charge in [0, 0.05) is 5.69 Å². The van der Waals surface area contributed by atoms with Gasteiger partial charge in [0.1, 0.15) is 18.9 Å². The molecule has 0 aliphatic carbocycles. The van der Waals surface area contributed by atoms with E-state index in [9.17, 15) is 4.79 Å². The largest absolute Gasteiger partial charge is 0.325 e. The third-order valence-electron chi connectivity index (χ3n) is 2.36. The van der Waals surface area contributed by atoms with Crippen LogP contribution in [-0.4, -0.2) is 20.7 Å². The van der Waals surface area contributed by atoms with Crippen molar-refractivity contribution in [1.82, 2.24) is 14.8 Å². The quantitative estimate of drug-likeness (QED) is 0.872. The first-order chi connectivity index (χ1) is 8.69. The molecule has 90 valence electrons. The van der Waals surface area contributed by atoms with E-state index in [1.54, 1.807) is 0 Å². The highest BCUT2D eigenvalue weighted by atomic mass is 16.1. The zero-order valence-corrected chi connectivity index (χ0v) is 9.79. The summed E-state index contributed by atoms with van der Waals surface area (Å²) in [6.45, 7) is 1.99. The molecule has 0 unspecified atom stereocenters. The maximum absolute atomic E-state index is 11.7. The molecule has 1 N–H and O–H groups in total. The van der Waals surface area contributed by atoms with Crippen molar-refractivity contribution < 1.29 is 4.79 Å². The van der Waals surface area contributed by atoms with Crippen LogP contribution in [0.15, 0.2) is 30.6 Å². The fourth-order valence-electron chi connectivity index (χ4n) is 1.45. The minimum atomic E-state index is -0.227. The number of nitrogens with one attached hydrogen (secondary N) is 1. The van der Waals surface area contributed by atoms with Crippen molar-refractivity contribution in [2.24, 2.45) is 0 Å². The molecule has 0 aliphatic heterocycles. The second-order valence-corrected chi connectivity index (χ2v) is 3.81. The molecule has 0 bridgehead atoms. The summed E-state index contributed by atoms with van der Waals surface area (Å²) in [6.07, 6.45) is 1.35. The molecule has 0 fully saturated rings. The summed E-state index contributed by atoms with van der Waals surface area (Å²) in [5.74, 6) is -0.107. The van der Waals surface area contributed by atoms with E-state index in [4.69, 9.17) is 5.26 Å². The molecule has 1 aromatic carbocycles. The minimum absolute atomic E-state index is 0.0176. The van der Waals surface area contributed by atoms with Crippen LogP contribution in [-0.2, 0) is 11.3 Å². The Morgan fingerprint density at radius 1 is 1.44 bits per heavy atom. The number of anilines is 1. The molecule has 0 aliphatic rings. The molecule has 0 saturated carbocycles. The summed E-state index contributed by atoms with van der Waals surface area (Å²) in [4.78, 5) is 11.7. The highest BCUT2D eigenvalue weighted by Gasteiger charge is 2.08. The van der Waals surface area contributed by atoms with Crippen molar-refractivity contribution in [2.75, 3.05) is 5.32 Å². The summed E-state index contributed by atoms with van der Waals surface area (Å²) in [7, 11) is 0. The first kappa shape index (κ1) is 11.8. The van der Waals surface area contributed by atoms with Crippen molar-refractivity contribution in [3.05, 3.63) is 42.0 Å². The summed E-state index contributed by atoms with van der Waals surface area (Å²) in [5, 5.41) is 18.6. The highest BCUT2D eigenvalue weighted by Crippen LogP contribution is 2.08. The molecular weight excluding hydrogens is 230 g/mol. The number of carbonyl (C=O) groups excluding carboxylic acids is 1. The molecule has 18 heavy (non-hydrogen) atoms. The lowest BCUT2D eigenvalue weighted by Gasteiger charge is -2.06. The van der Waals surface area contributed by atoms with E-state index in [1.165, 1.54) is 10.9 Å². The van der Waals surface area contributed by atoms with E-state index in [1.807, 2.05) is 37.3 Å². The fraction of sp³-hybridized carbons (Fsp3) is 0.167. The van der Waals surface area contributed by atoms with Crippen molar-refractivity contribution in [2.45, 2.75) is 13.5 Å². The van der Waals surface area contributed by atoms with Gasteiger partial charge in [-0.25, -0.2) is 0 Å². The van der Waals surface area contributed by atoms with Gasteiger partial charge in [0.2, 0.25) is 11.7 Å². The number of hydrogen-bond acceptors (Lipinski definition) is 4. The molecule has 1 aromatic heterocycles. The van der Waals surface area contributed by atoms with Crippen LogP contribution in [0.3, 0.4) is 0 Å². The molecule has 2 rings (SSSR count). The molecule has 0 spiro atoms. The maximum Gasteiger partial charge on any atom is 0.244 e. The van der Waals surface area contributed by atoms with E-state index in [2.05, 4.69) is 15.5 Å². The number of carbonyl (C=O) groups is 1. The Hall–Kier alpha value is -2.68. The molecule has 1 amide bonds. The highest BCUT2D eigenvalue weighted by molar-refractivity contribution is 5.90. The number of aromatic nitrogens is 3. The standard InChI is InChI=1S/C12H11N5O/c1-9-2-4-10(5-3-9)15-12(18)7-17-8-14-16-11(17)6-13/h2-5,8H,7H2,1H3,(H,15,18). The van der Waals surface area contributed by atoms with Crippen LogP contribution in [0.25, 0.3) is 0 Å². The average molecular weight is 241 g/mol. The van der Waals surface area contributed by atoms with Crippen LogP contribution in [0.5, 0.6) is 0 Å². The SMILES string of the molecule is Cc1ccc(NC(=O)Cn2cnnc2C#N)cc1. The molecule has 6 heteroatoms. The number of hydrogen-bond donors (Lipinski definition) is 1. The molecule has 0 atom stereocenters. The van der Waals surface area contributed by atoms with Gasteiger partial charge in [0.25, 0.3) is 0 Å². The maximum atomic E-state index is 11.7. The zero-order valence-electron chi connectivity index (χ0n) is 9.79. The van der Waals surface area contributed by atoms with E-state index in [-0.39, 0.29) is 18.3 Å². The smallest absolute Gasteiger partial charge is 0.244 e. The molecule has 1 heterocycles. The van der Waals surface area contributed by atoms with Crippen LogP contribution in [0.1, 0.15) is 11.4 Å². The van der Waals surface area contributed by atoms with Crippen LogP contribution >= 0.6 is 0 Å². The van der Waals surface area contributed by atoms with Crippen molar-refractivity contribution >= 4 is 11.6 Å². The first-order valence-corrected chi connectivity index (χ1v) is 5.33. The van der Waals surface area contributed by atoms with Crippen LogP contribution < -0.4 is 5.32 Å². The van der Waals surface area contributed by atoms with E-state index in [0.717, 1.165) is 11.3 Å². The van der Waals surface area contributed by atoms with E-state index >= 15 is 0 Å². The van der Waals surface area contributed by atoms with Gasteiger partial charge >= 0.3 is 0 Å². The Morgan fingerprint density at radius 2 is 2.17 bits per heavy atom. The molecule has 0 radical (unpaired) electrons. The van der Waals surface area contributed by atoms with E-state index < -0.39 is 0 Å². The van der Waals surface area contributed by atoms with Gasteiger partial charge in [-0.05, 0) is 19.1 Å². The first-order valence-electron chi connectivity index (χ1n) is 5.33. The second kappa shape index (κ2) is 5.10. The van der Waals surface area contributed by atoms with Gasteiger partial charge in [0.05, 0.1) is 0 Å². The molecular formula is C12H11N5O. The van der Waals surface area contributed by atoms with Crippen molar-refractivity contribution in [3.63, 3.8) is 0 Å². The zero-order chi connectivity index (χ0) is 13.0. The number of nitriles is 1. The summed E-state index contributed by atoms with van der Waals surface area (Å²) < 4.78 is 1.39. The third kappa shape index (κ3) is 2.71. The van der Waals surface area contributed by atoms with Gasteiger partial charge in [-0.2, -0.15) is 5.26 Å². The lowest BCUT2D eigenvalue weighted by atomic mass is 10.2. The van der Waals surface area contributed by atoms with Crippen LogP contribution in [0.2, 0.25) is 0 Å². The number of nitrogens with zero attached hydrogens (tertiary/aromatic N) is 4. The van der Waals surface area contributed by atoms with Crippen LogP contribution in [0, 0.1) is 18.3 Å². The van der Waals surface area contributed by atoms with Crippen molar-refractivity contribution in [1.29, 1.82) is 5.26 Å². The van der Waals surface area contributed by atoms with Gasteiger partial charge in [-0.1, -0.05) is 17.7 Å². The Labute approximate surface area is 104 Å². The lowest BCUT2D eigenvalue weighted by molar-refractivity contribution is -0.116. The number of benzene rings is 1. The van der Waals surface area contributed by atoms with Gasteiger partial charge in [-0.3, -0.25) is 9.36 Å².